The molecule has 36 heavy (non-hydrogen) atoms. The van der Waals surface area contributed by atoms with E-state index in [4.69, 9.17) is 0 Å². The van der Waals surface area contributed by atoms with E-state index in [9.17, 15) is 9.47 Å². The molecule has 1 aliphatic carbocycles. The number of nitrogens with one attached hydrogen (secondary N) is 2. The molecule has 3 heterocycles. The molecule has 0 bridgehead atoms. The van der Waals surface area contributed by atoms with Crippen LogP contribution in [0.1, 0.15) is 42.0 Å². The molecular weight excluding hydrogens is 472 g/mol. The van der Waals surface area contributed by atoms with Crippen LogP contribution in [0.3, 0.4) is 0 Å². The van der Waals surface area contributed by atoms with Crippen LogP contribution in [-0.4, -0.2) is 50.2 Å². The maximum Gasteiger partial charge on any atom is 0.229 e. The standard InChI is InChI=1S/C26H30N8OS/c1-26(9-10-26)21-13-19(12-17-16-34(2)11-8-20(17)21)29-25-28-15-18(14-27)24(32-25)31-22-6-5-7-23(30-22)33-36(3,4)35/h5-7,12-13,15H,8-11,16H2,1-4H3,(H2,28,29,30,31,32). The molecule has 1 fully saturated rings. The molecule has 0 radical (unpaired) electrons. The summed E-state index contributed by atoms with van der Waals surface area (Å²) >= 11 is 0. The average molecular weight is 503 g/mol. The van der Waals surface area contributed by atoms with Crippen LogP contribution in [0.25, 0.3) is 0 Å². The fourth-order valence-electron chi connectivity index (χ4n) is 4.55. The van der Waals surface area contributed by atoms with Gasteiger partial charge in [-0.1, -0.05) is 13.0 Å². The van der Waals surface area contributed by atoms with Crippen molar-refractivity contribution in [2.24, 2.45) is 4.36 Å². The summed E-state index contributed by atoms with van der Waals surface area (Å²) in [5.74, 6) is 1.52. The molecule has 1 aromatic carbocycles. The zero-order valence-electron chi connectivity index (χ0n) is 21.0. The Balaban J connectivity index is 1.46. The highest BCUT2D eigenvalue weighted by molar-refractivity contribution is 7.92. The van der Waals surface area contributed by atoms with Gasteiger partial charge in [-0.3, -0.25) is 0 Å². The van der Waals surface area contributed by atoms with Crippen LogP contribution in [0.2, 0.25) is 0 Å². The molecule has 0 atom stereocenters. The first-order valence-electron chi connectivity index (χ1n) is 11.9. The lowest BCUT2D eigenvalue weighted by molar-refractivity contribution is 0.311. The van der Waals surface area contributed by atoms with Gasteiger partial charge < -0.3 is 15.5 Å². The Morgan fingerprint density at radius 2 is 2.00 bits per heavy atom. The Morgan fingerprint density at radius 1 is 1.19 bits per heavy atom. The molecule has 2 aliphatic rings. The van der Waals surface area contributed by atoms with Crippen LogP contribution >= 0.6 is 0 Å². The monoisotopic (exact) mass is 502 g/mol. The van der Waals surface area contributed by atoms with Crippen molar-refractivity contribution in [3.05, 3.63) is 58.8 Å². The summed E-state index contributed by atoms with van der Waals surface area (Å²) in [5, 5.41) is 16.1. The highest BCUT2D eigenvalue weighted by Crippen LogP contribution is 2.50. The zero-order valence-corrected chi connectivity index (χ0v) is 21.8. The summed E-state index contributed by atoms with van der Waals surface area (Å²) in [6.45, 7) is 4.34. The molecule has 10 heteroatoms. The van der Waals surface area contributed by atoms with E-state index in [1.807, 2.05) is 0 Å². The number of rotatable bonds is 6. The Bertz CT molecular complexity index is 1490. The van der Waals surface area contributed by atoms with Gasteiger partial charge in [0.1, 0.15) is 17.5 Å². The van der Waals surface area contributed by atoms with Crippen molar-refractivity contribution in [3.63, 3.8) is 0 Å². The third-order valence-electron chi connectivity index (χ3n) is 6.64. The minimum absolute atomic E-state index is 0.248. The van der Waals surface area contributed by atoms with E-state index >= 15 is 0 Å². The van der Waals surface area contributed by atoms with E-state index in [0.29, 0.717) is 23.4 Å². The summed E-state index contributed by atoms with van der Waals surface area (Å²) in [5.41, 5.74) is 5.74. The second-order valence-electron chi connectivity index (χ2n) is 10.2. The number of aromatic nitrogens is 3. The molecule has 2 aromatic heterocycles. The molecular formula is C26H30N8OS. The second-order valence-corrected chi connectivity index (χ2v) is 12.7. The smallest absolute Gasteiger partial charge is 0.229 e. The number of nitrogens with zero attached hydrogens (tertiary/aromatic N) is 6. The van der Waals surface area contributed by atoms with Crippen LogP contribution in [0.4, 0.5) is 29.1 Å². The summed E-state index contributed by atoms with van der Waals surface area (Å²) < 4.78 is 16.2. The topological polar surface area (TPSA) is 119 Å². The van der Waals surface area contributed by atoms with Gasteiger partial charge in [-0.2, -0.15) is 14.6 Å². The summed E-state index contributed by atoms with van der Waals surface area (Å²) in [6.07, 6.45) is 8.10. The largest absolute Gasteiger partial charge is 0.324 e. The van der Waals surface area contributed by atoms with Gasteiger partial charge in [0.05, 0.1) is 6.20 Å². The molecule has 0 saturated heterocycles. The minimum Gasteiger partial charge on any atom is -0.324 e. The van der Waals surface area contributed by atoms with Gasteiger partial charge in [-0.25, -0.2) is 14.2 Å². The minimum atomic E-state index is -2.35. The predicted octanol–water partition coefficient (Wildman–Crippen LogP) is 4.63. The second kappa shape index (κ2) is 9.15. The Morgan fingerprint density at radius 3 is 2.72 bits per heavy atom. The molecule has 186 valence electrons. The summed E-state index contributed by atoms with van der Waals surface area (Å²) in [4.78, 5) is 15.7. The zero-order chi connectivity index (χ0) is 25.5. The van der Waals surface area contributed by atoms with E-state index < -0.39 is 9.73 Å². The van der Waals surface area contributed by atoms with Crippen molar-refractivity contribution in [1.82, 2.24) is 19.9 Å². The quantitative estimate of drug-likeness (QED) is 0.501. The van der Waals surface area contributed by atoms with Crippen molar-refractivity contribution in [1.29, 1.82) is 5.26 Å². The first-order valence-corrected chi connectivity index (χ1v) is 14.3. The van der Waals surface area contributed by atoms with Crippen LogP contribution < -0.4 is 10.6 Å². The Hall–Kier alpha value is -3.55. The number of anilines is 4. The van der Waals surface area contributed by atoms with Crippen molar-refractivity contribution in [2.75, 3.05) is 36.7 Å². The van der Waals surface area contributed by atoms with Crippen molar-refractivity contribution in [2.45, 2.75) is 38.1 Å². The van der Waals surface area contributed by atoms with Gasteiger partial charge in [0.15, 0.2) is 11.6 Å². The molecule has 0 unspecified atom stereocenters. The number of benzene rings is 1. The van der Waals surface area contributed by atoms with Gasteiger partial charge in [-0.15, -0.1) is 0 Å². The SMILES string of the molecule is CN1CCc2c(cc(Nc3ncc(C#N)c(Nc4cccc(N=S(C)(C)=O)n4)n3)cc2C2(C)CC2)C1. The van der Waals surface area contributed by atoms with Crippen LogP contribution in [-0.2, 0) is 28.1 Å². The number of hydrogen-bond donors (Lipinski definition) is 2. The fourth-order valence-corrected chi connectivity index (χ4v) is 5.10. The van der Waals surface area contributed by atoms with Crippen molar-refractivity contribution >= 4 is 38.8 Å². The molecule has 3 aromatic rings. The van der Waals surface area contributed by atoms with Crippen molar-refractivity contribution in [3.8, 4) is 6.07 Å². The highest BCUT2D eigenvalue weighted by atomic mass is 32.2. The van der Waals surface area contributed by atoms with Gasteiger partial charge in [-0.05, 0) is 72.7 Å². The van der Waals surface area contributed by atoms with Gasteiger partial charge >= 0.3 is 0 Å². The Kier molecular flexibility index (Phi) is 6.14. The van der Waals surface area contributed by atoms with Crippen LogP contribution in [0.15, 0.2) is 40.9 Å². The fraction of sp³-hybridized carbons (Fsp3) is 0.385. The highest BCUT2D eigenvalue weighted by Gasteiger charge is 2.41. The normalized spacial score (nSPS) is 16.5. The number of pyridine rings is 1. The lowest BCUT2D eigenvalue weighted by Crippen LogP contribution is -2.28. The third-order valence-corrected chi connectivity index (χ3v) is 7.26. The molecule has 5 rings (SSSR count). The number of nitriles is 1. The number of hydrogen-bond acceptors (Lipinski definition) is 9. The lowest BCUT2D eigenvalue weighted by atomic mass is 9.86. The van der Waals surface area contributed by atoms with E-state index in [2.05, 4.69) is 67.0 Å². The third kappa shape index (κ3) is 5.32. The van der Waals surface area contributed by atoms with E-state index in [0.717, 1.165) is 25.2 Å². The summed E-state index contributed by atoms with van der Waals surface area (Å²) in [6, 6.07) is 11.7. The van der Waals surface area contributed by atoms with Crippen LogP contribution in [0.5, 0.6) is 0 Å². The van der Waals surface area contributed by atoms with E-state index in [1.54, 1.807) is 30.7 Å². The maximum atomic E-state index is 12.0. The van der Waals surface area contributed by atoms with Gasteiger partial charge in [0.2, 0.25) is 5.95 Å². The molecule has 1 saturated carbocycles. The van der Waals surface area contributed by atoms with Crippen molar-refractivity contribution < 1.29 is 4.21 Å². The van der Waals surface area contributed by atoms with Crippen LogP contribution in [0, 0.1) is 11.3 Å². The molecule has 9 nitrogen and oxygen atoms in total. The van der Waals surface area contributed by atoms with Gasteiger partial charge in [0.25, 0.3) is 0 Å². The predicted molar refractivity (Wildman–Crippen MR) is 143 cm³/mol. The Labute approximate surface area is 212 Å². The molecule has 2 N–H and O–H groups in total. The maximum absolute atomic E-state index is 12.0. The molecule has 0 spiro atoms. The summed E-state index contributed by atoms with van der Waals surface area (Å²) in [7, 11) is -0.195. The lowest BCUT2D eigenvalue weighted by Gasteiger charge is -2.29. The average Bonchev–Trinajstić information content (AvgIpc) is 3.56. The van der Waals surface area contributed by atoms with Gasteiger partial charge in [0, 0.05) is 41.0 Å². The van der Waals surface area contributed by atoms with E-state index in [1.165, 1.54) is 35.7 Å². The first-order chi connectivity index (χ1) is 17.1. The first kappa shape index (κ1) is 24.2. The number of likely N-dealkylation sites (N-methyl/N-ethyl adjacent to an activating group) is 1. The molecule has 0 amide bonds. The number of fused-ring (bicyclic) bond motifs is 1. The van der Waals surface area contributed by atoms with E-state index in [-0.39, 0.29) is 11.0 Å². The molecule has 1 aliphatic heterocycles.